The van der Waals surface area contributed by atoms with Crippen LogP contribution in [-0.2, 0) is 12.8 Å². The molecule has 1 heterocycles. The highest BCUT2D eigenvalue weighted by Crippen LogP contribution is 2.36. The summed E-state index contributed by atoms with van der Waals surface area (Å²) in [6.07, 6.45) is 2.01. The number of aromatic nitrogens is 1. The van der Waals surface area contributed by atoms with Crippen LogP contribution in [0, 0.1) is 6.92 Å². The summed E-state index contributed by atoms with van der Waals surface area (Å²) in [5, 5.41) is 5.25. The summed E-state index contributed by atoms with van der Waals surface area (Å²) in [6, 6.07) is 33.8. The first-order valence-electron chi connectivity index (χ1n) is 11.5. The van der Waals surface area contributed by atoms with Crippen molar-refractivity contribution in [2.24, 2.45) is 0 Å². The van der Waals surface area contributed by atoms with Crippen molar-refractivity contribution in [3.8, 4) is 5.69 Å². The molecule has 5 aromatic carbocycles. The van der Waals surface area contributed by atoms with Crippen molar-refractivity contribution >= 4 is 48.5 Å². The van der Waals surface area contributed by atoms with E-state index in [9.17, 15) is 0 Å². The fourth-order valence-electron chi connectivity index (χ4n) is 5.65. The summed E-state index contributed by atoms with van der Waals surface area (Å²) in [5.74, 6) is 0. The second-order valence-corrected chi connectivity index (χ2v) is 10.2. The Morgan fingerprint density at radius 1 is 0.636 bits per heavy atom. The fourth-order valence-corrected chi connectivity index (χ4v) is 6.06. The molecule has 1 aliphatic carbocycles. The van der Waals surface area contributed by atoms with E-state index in [-0.39, 0.29) is 0 Å². The lowest BCUT2D eigenvalue weighted by Crippen LogP contribution is -2.07. The molecule has 0 N–H and O–H groups in total. The fraction of sp³-hybridized carbons (Fsp3) is 0.0968. The molecule has 0 fully saturated rings. The minimum Gasteiger partial charge on any atom is -0.309 e. The number of nitrogens with zero attached hydrogens (tertiary/aromatic N) is 1. The van der Waals surface area contributed by atoms with Crippen LogP contribution in [0.3, 0.4) is 0 Å². The molecule has 7 rings (SSSR count). The lowest BCUT2D eigenvalue weighted by Gasteiger charge is -2.21. The molecular weight excluding hydrogens is 466 g/mol. The lowest BCUT2D eigenvalue weighted by molar-refractivity contribution is 1.00. The number of benzene rings is 5. The molecule has 0 unspecified atom stereocenters. The van der Waals surface area contributed by atoms with E-state index < -0.39 is 0 Å². The smallest absolute Gasteiger partial charge is 0.0570 e. The van der Waals surface area contributed by atoms with Gasteiger partial charge in [0.1, 0.15) is 0 Å². The Bertz CT molecular complexity index is 1740. The number of hydrogen-bond donors (Lipinski definition) is 0. The summed E-state index contributed by atoms with van der Waals surface area (Å²) in [4.78, 5) is 0. The molecule has 0 radical (unpaired) electrons. The molecule has 6 aromatic rings. The van der Waals surface area contributed by atoms with Crippen LogP contribution >= 0.6 is 15.9 Å². The predicted octanol–water partition coefficient (Wildman–Crippen LogP) is 8.50. The van der Waals surface area contributed by atoms with Gasteiger partial charge in [-0.15, -0.1) is 0 Å². The van der Waals surface area contributed by atoms with Crippen molar-refractivity contribution in [1.29, 1.82) is 0 Å². The molecule has 2 heteroatoms. The Morgan fingerprint density at radius 2 is 1.39 bits per heavy atom. The number of aryl methyl sites for hydroxylation is 1. The normalized spacial score (nSPS) is 12.9. The van der Waals surface area contributed by atoms with Gasteiger partial charge in [0.2, 0.25) is 0 Å². The van der Waals surface area contributed by atoms with Crippen molar-refractivity contribution in [2.75, 3.05) is 0 Å². The number of rotatable bonds is 1. The Kier molecular flexibility index (Phi) is 4.10. The zero-order valence-electron chi connectivity index (χ0n) is 18.4. The molecule has 0 aliphatic heterocycles. The molecular formula is C31H22BrN. The molecule has 1 nitrogen and oxygen atoms in total. The number of fused-ring (bicyclic) bond motifs is 6. The first-order valence-corrected chi connectivity index (χ1v) is 12.3. The standard InChI is InChI=1S/C31H22BrN/c1-19-5-4-7-29-28-6-2-3-8-30(28)33(31(19)29)27-12-10-21-14-22-15-24-17-26(32)11-9-20(24)13-23(22)16-25(21)18-27/h2-12,14,16-18H,13,15H2,1H3. The minimum absolute atomic E-state index is 1.01. The van der Waals surface area contributed by atoms with E-state index in [1.807, 2.05) is 0 Å². The maximum atomic E-state index is 3.63. The van der Waals surface area contributed by atoms with E-state index in [0.29, 0.717) is 0 Å². The highest BCUT2D eigenvalue weighted by molar-refractivity contribution is 9.10. The number of hydrogen-bond acceptors (Lipinski definition) is 0. The van der Waals surface area contributed by atoms with Gasteiger partial charge in [-0.05, 0) is 88.7 Å². The van der Waals surface area contributed by atoms with Crippen molar-refractivity contribution in [1.82, 2.24) is 4.57 Å². The predicted molar refractivity (Wildman–Crippen MR) is 143 cm³/mol. The molecule has 1 aliphatic rings. The molecule has 1 aromatic heterocycles. The van der Waals surface area contributed by atoms with E-state index in [1.165, 1.54) is 66.1 Å². The number of halogens is 1. The van der Waals surface area contributed by atoms with Gasteiger partial charge in [0, 0.05) is 20.9 Å². The highest BCUT2D eigenvalue weighted by atomic mass is 79.9. The van der Waals surface area contributed by atoms with Crippen LogP contribution in [0.15, 0.2) is 95.5 Å². The van der Waals surface area contributed by atoms with Crippen molar-refractivity contribution in [3.63, 3.8) is 0 Å². The Balaban J connectivity index is 1.44. The summed E-state index contributed by atoms with van der Waals surface area (Å²) < 4.78 is 3.60. The largest absolute Gasteiger partial charge is 0.309 e. The van der Waals surface area contributed by atoms with E-state index in [2.05, 4.69) is 118 Å². The van der Waals surface area contributed by atoms with Crippen LogP contribution < -0.4 is 0 Å². The first-order chi connectivity index (χ1) is 16.2. The third kappa shape index (κ3) is 2.91. The van der Waals surface area contributed by atoms with Crippen LogP contribution in [0.1, 0.15) is 27.8 Å². The van der Waals surface area contributed by atoms with Gasteiger partial charge in [-0.2, -0.15) is 0 Å². The second-order valence-electron chi connectivity index (χ2n) is 9.24. The van der Waals surface area contributed by atoms with Gasteiger partial charge >= 0.3 is 0 Å². The molecule has 0 spiro atoms. The van der Waals surface area contributed by atoms with E-state index in [1.54, 1.807) is 0 Å². The SMILES string of the molecule is Cc1cccc2c3ccccc3n(-c3ccc4cc5c(cc4c3)Cc3ccc(Br)cc3C5)c12. The lowest BCUT2D eigenvalue weighted by atomic mass is 9.84. The maximum absolute atomic E-state index is 3.63. The zero-order valence-corrected chi connectivity index (χ0v) is 20.0. The summed E-state index contributed by atoms with van der Waals surface area (Å²) >= 11 is 3.63. The highest BCUT2D eigenvalue weighted by Gasteiger charge is 2.18. The van der Waals surface area contributed by atoms with Gasteiger partial charge in [-0.1, -0.05) is 76.6 Å². The van der Waals surface area contributed by atoms with Crippen molar-refractivity contribution < 1.29 is 0 Å². The third-order valence-corrected chi connectivity index (χ3v) is 7.72. The van der Waals surface area contributed by atoms with Gasteiger partial charge in [-0.25, -0.2) is 0 Å². The first kappa shape index (κ1) is 19.1. The topological polar surface area (TPSA) is 4.93 Å². The molecule has 158 valence electrons. The van der Waals surface area contributed by atoms with Gasteiger partial charge in [0.05, 0.1) is 11.0 Å². The van der Waals surface area contributed by atoms with Crippen LogP contribution in [0.5, 0.6) is 0 Å². The van der Waals surface area contributed by atoms with Crippen LogP contribution in [0.2, 0.25) is 0 Å². The van der Waals surface area contributed by atoms with Crippen LogP contribution in [0.4, 0.5) is 0 Å². The quantitative estimate of drug-likeness (QED) is 0.218. The van der Waals surface area contributed by atoms with Crippen molar-refractivity contribution in [2.45, 2.75) is 19.8 Å². The Hall–Kier alpha value is -3.36. The third-order valence-electron chi connectivity index (χ3n) is 7.23. The van der Waals surface area contributed by atoms with Gasteiger partial charge in [0.25, 0.3) is 0 Å². The summed E-state index contributed by atoms with van der Waals surface area (Å²) in [5.41, 5.74) is 10.9. The summed E-state index contributed by atoms with van der Waals surface area (Å²) in [6.45, 7) is 2.21. The molecule has 0 saturated heterocycles. The average Bonchev–Trinajstić information content (AvgIpc) is 3.17. The van der Waals surface area contributed by atoms with E-state index >= 15 is 0 Å². The van der Waals surface area contributed by atoms with Crippen LogP contribution in [0.25, 0.3) is 38.3 Å². The monoisotopic (exact) mass is 487 g/mol. The molecule has 0 bridgehead atoms. The van der Waals surface area contributed by atoms with Crippen molar-refractivity contribution in [3.05, 3.63) is 123 Å². The Labute approximate surface area is 201 Å². The molecule has 33 heavy (non-hydrogen) atoms. The van der Waals surface area contributed by atoms with Gasteiger partial charge in [0.15, 0.2) is 0 Å². The van der Waals surface area contributed by atoms with E-state index in [0.717, 1.165) is 17.3 Å². The minimum atomic E-state index is 1.01. The van der Waals surface area contributed by atoms with E-state index in [4.69, 9.17) is 0 Å². The average molecular weight is 488 g/mol. The molecule has 0 saturated carbocycles. The van der Waals surface area contributed by atoms with Gasteiger partial charge < -0.3 is 4.57 Å². The summed E-state index contributed by atoms with van der Waals surface area (Å²) in [7, 11) is 0. The van der Waals surface area contributed by atoms with Gasteiger partial charge in [-0.3, -0.25) is 0 Å². The Morgan fingerprint density at radius 3 is 2.30 bits per heavy atom. The molecule has 0 amide bonds. The van der Waals surface area contributed by atoms with Crippen LogP contribution in [-0.4, -0.2) is 4.57 Å². The molecule has 0 atom stereocenters. The second kappa shape index (κ2) is 7.07. The maximum Gasteiger partial charge on any atom is 0.0570 e. The number of para-hydroxylation sites is 2. The zero-order chi connectivity index (χ0) is 22.1.